The van der Waals surface area contributed by atoms with E-state index in [0.29, 0.717) is 0 Å². The number of rotatable bonds is 5. The van der Waals surface area contributed by atoms with Crippen molar-refractivity contribution < 1.29 is 14.4 Å². The fraction of sp³-hybridized carbons (Fsp3) is 0.409. The van der Waals surface area contributed by atoms with Gasteiger partial charge < -0.3 is 19.9 Å². The van der Waals surface area contributed by atoms with Crippen molar-refractivity contribution in [2.75, 3.05) is 43.5 Å². The van der Waals surface area contributed by atoms with E-state index in [0.717, 1.165) is 48.7 Å². The molecule has 1 saturated heterocycles. The van der Waals surface area contributed by atoms with Crippen molar-refractivity contribution in [3.63, 3.8) is 0 Å². The van der Waals surface area contributed by atoms with E-state index in [4.69, 9.17) is 4.74 Å². The molecule has 27 heavy (non-hydrogen) atoms. The maximum atomic E-state index is 12.8. The number of amides is 1. The second-order valence-corrected chi connectivity index (χ2v) is 7.32. The summed E-state index contributed by atoms with van der Waals surface area (Å²) in [6.45, 7) is 9.90. The lowest BCUT2D eigenvalue weighted by molar-refractivity contribution is -0.914. The van der Waals surface area contributed by atoms with Crippen LogP contribution in [0.5, 0.6) is 5.75 Å². The van der Waals surface area contributed by atoms with Crippen molar-refractivity contribution in [3.05, 3.63) is 53.6 Å². The summed E-state index contributed by atoms with van der Waals surface area (Å²) in [6.07, 6.45) is 0. The van der Waals surface area contributed by atoms with Crippen molar-refractivity contribution in [1.82, 2.24) is 0 Å². The Morgan fingerprint density at radius 1 is 1.07 bits per heavy atom. The highest BCUT2D eigenvalue weighted by atomic mass is 16.5. The minimum Gasteiger partial charge on any atom is -0.497 e. The van der Waals surface area contributed by atoms with Gasteiger partial charge in [0.1, 0.15) is 5.75 Å². The first-order chi connectivity index (χ1) is 13.0. The topological polar surface area (TPSA) is 46.0 Å². The van der Waals surface area contributed by atoms with Crippen LogP contribution in [0.1, 0.15) is 18.1 Å². The van der Waals surface area contributed by atoms with E-state index in [1.807, 2.05) is 51.1 Å². The standard InChI is InChI=1S/C22H29N3O2/c1-16-6-5-7-17(2)21(16)23-22(26)18(3)24-12-14-25(15-13-24)19-8-10-20(27-4)11-9-19/h5-11,18H,12-15H2,1-4H3,(H,23,26)/p+1/t18-/m0/s1. The van der Waals surface area contributed by atoms with Gasteiger partial charge in [-0.15, -0.1) is 0 Å². The van der Waals surface area contributed by atoms with Crippen LogP contribution in [0, 0.1) is 13.8 Å². The summed E-state index contributed by atoms with van der Waals surface area (Å²) in [5, 5.41) is 3.14. The van der Waals surface area contributed by atoms with Crippen LogP contribution in [-0.2, 0) is 4.79 Å². The van der Waals surface area contributed by atoms with Gasteiger partial charge in [0, 0.05) is 11.4 Å². The van der Waals surface area contributed by atoms with Gasteiger partial charge in [-0.25, -0.2) is 0 Å². The lowest BCUT2D eigenvalue weighted by atomic mass is 10.1. The lowest BCUT2D eigenvalue weighted by Gasteiger charge is -2.36. The van der Waals surface area contributed by atoms with E-state index in [-0.39, 0.29) is 11.9 Å². The normalized spacial score (nSPS) is 16.1. The third-order valence-corrected chi connectivity index (χ3v) is 5.58. The van der Waals surface area contributed by atoms with Crippen LogP contribution >= 0.6 is 0 Å². The number of carbonyl (C=O) groups is 1. The van der Waals surface area contributed by atoms with Crippen LogP contribution in [-0.4, -0.2) is 45.2 Å². The first-order valence-electron chi connectivity index (χ1n) is 9.60. The smallest absolute Gasteiger partial charge is 0.282 e. The SMILES string of the molecule is COc1ccc(N2CC[NH+]([C@@H](C)C(=O)Nc3c(C)cccc3C)CC2)cc1. The van der Waals surface area contributed by atoms with E-state index < -0.39 is 0 Å². The van der Waals surface area contributed by atoms with Gasteiger partial charge in [-0.1, -0.05) is 18.2 Å². The number of hydrogen-bond acceptors (Lipinski definition) is 3. The third kappa shape index (κ3) is 4.42. The molecule has 0 spiro atoms. The fourth-order valence-corrected chi connectivity index (χ4v) is 3.71. The van der Waals surface area contributed by atoms with Gasteiger partial charge >= 0.3 is 0 Å². The van der Waals surface area contributed by atoms with E-state index in [9.17, 15) is 4.79 Å². The van der Waals surface area contributed by atoms with Crippen molar-refractivity contribution in [2.24, 2.45) is 0 Å². The number of anilines is 2. The maximum Gasteiger partial charge on any atom is 0.282 e. The summed E-state index contributed by atoms with van der Waals surface area (Å²) in [7, 11) is 1.68. The Morgan fingerprint density at radius 3 is 2.22 bits per heavy atom. The van der Waals surface area contributed by atoms with Crippen molar-refractivity contribution in [2.45, 2.75) is 26.8 Å². The highest BCUT2D eigenvalue weighted by Gasteiger charge is 2.29. The number of quaternary nitrogens is 1. The highest BCUT2D eigenvalue weighted by molar-refractivity contribution is 5.95. The quantitative estimate of drug-likeness (QED) is 0.849. The molecule has 0 radical (unpaired) electrons. The van der Waals surface area contributed by atoms with Gasteiger partial charge in [0.25, 0.3) is 5.91 Å². The second-order valence-electron chi connectivity index (χ2n) is 7.32. The molecule has 1 fully saturated rings. The zero-order chi connectivity index (χ0) is 19.4. The molecule has 1 heterocycles. The molecule has 1 atom stereocenters. The van der Waals surface area contributed by atoms with Crippen LogP contribution in [0.3, 0.4) is 0 Å². The van der Waals surface area contributed by atoms with Gasteiger partial charge in [-0.05, 0) is 56.2 Å². The van der Waals surface area contributed by atoms with Crippen LogP contribution in [0.2, 0.25) is 0 Å². The average Bonchev–Trinajstić information content (AvgIpc) is 2.70. The zero-order valence-corrected chi connectivity index (χ0v) is 16.7. The van der Waals surface area contributed by atoms with Crippen LogP contribution in [0.25, 0.3) is 0 Å². The third-order valence-electron chi connectivity index (χ3n) is 5.58. The molecule has 5 heteroatoms. The van der Waals surface area contributed by atoms with Crippen LogP contribution in [0.15, 0.2) is 42.5 Å². The van der Waals surface area contributed by atoms with Crippen LogP contribution < -0.4 is 19.9 Å². The van der Waals surface area contributed by atoms with Gasteiger partial charge in [0.05, 0.1) is 33.3 Å². The first kappa shape index (κ1) is 19.2. The molecule has 0 aliphatic carbocycles. The second kappa shape index (κ2) is 8.44. The molecule has 1 amide bonds. The Hall–Kier alpha value is -2.53. The van der Waals surface area contributed by atoms with E-state index >= 15 is 0 Å². The largest absolute Gasteiger partial charge is 0.497 e. The van der Waals surface area contributed by atoms with Gasteiger partial charge in [0.15, 0.2) is 6.04 Å². The van der Waals surface area contributed by atoms with E-state index in [1.165, 1.54) is 10.6 Å². The number of piperazine rings is 1. The van der Waals surface area contributed by atoms with Gasteiger partial charge in [-0.3, -0.25) is 4.79 Å². The average molecular weight is 369 g/mol. The number of ether oxygens (including phenoxy) is 1. The number of carbonyl (C=O) groups excluding carboxylic acids is 1. The first-order valence-corrected chi connectivity index (χ1v) is 9.60. The summed E-state index contributed by atoms with van der Waals surface area (Å²) < 4.78 is 5.23. The molecule has 2 aromatic carbocycles. The molecule has 3 rings (SSSR count). The summed E-state index contributed by atoms with van der Waals surface area (Å²) in [4.78, 5) is 16.5. The summed E-state index contributed by atoms with van der Waals surface area (Å²) in [5.74, 6) is 0.972. The molecule has 0 bridgehead atoms. The van der Waals surface area contributed by atoms with Gasteiger partial charge in [-0.2, -0.15) is 0 Å². The number of nitrogens with one attached hydrogen (secondary N) is 2. The maximum absolute atomic E-state index is 12.8. The summed E-state index contributed by atoms with van der Waals surface area (Å²) >= 11 is 0. The molecule has 1 aliphatic heterocycles. The van der Waals surface area contributed by atoms with Crippen LogP contribution in [0.4, 0.5) is 11.4 Å². The molecule has 0 aromatic heterocycles. The number of methoxy groups -OCH3 is 1. The number of para-hydroxylation sites is 1. The molecule has 5 nitrogen and oxygen atoms in total. The number of benzene rings is 2. The lowest BCUT2D eigenvalue weighted by Crippen LogP contribution is -3.19. The monoisotopic (exact) mass is 368 g/mol. The van der Waals surface area contributed by atoms with Crippen molar-refractivity contribution in [1.29, 1.82) is 0 Å². The van der Waals surface area contributed by atoms with E-state index in [2.05, 4.69) is 22.3 Å². The molecule has 2 aromatic rings. The Balaban J connectivity index is 1.57. The predicted octanol–water partition coefficient (Wildman–Crippen LogP) is 2.04. The Bertz CT molecular complexity index is 760. The number of nitrogens with zero attached hydrogens (tertiary/aromatic N) is 1. The zero-order valence-electron chi connectivity index (χ0n) is 16.7. The molecular weight excluding hydrogens is 338 g/mol. The van der Waals surface area contributed by atoms with Crippen molar-refractivity contribution in [3.8, 4) is 5.75 Å². The Labute approximate surface area is 161 Å². The number of aryl methyl sites for hydroxylation is 2. The molecule has 1 aliphatic rings. The molecule has 0 saturated carbocycles. The molecule has 144 valence electrons. The molecular formula is C22H30N3O2+. The minimum absolute atomic E-state index is 0.0676. The summed E-state index contributed by atoms with van der Waals surface area (Å²) in [6, 6.07) is 14.2. The fourth-order valence-electron chi connectivity index (χ4n) is 3.71. The van der Waals surface area contributed by atoms with Gasteiger partial charge in [0.2, 0.25) is 0 Å². The minimum atomic E-state index is -0.0676. The summed E-state index contributed by atoms with van der Waals surface area (Å²) in [5.41, 5.74) is 4.37. The Kier molecular flexibility index (Phi) is 6.01. The highest BCUT2D eigenvalue weighted by Crippen LogP contribution is 2.20. The number of hydrogen-bond donors (Lipinski definition) is 2. The van der Waals surface area contributed by atoms with Crippen molar-refractivity contribution >= 4 is 17.3 Å². The molecule has 2 N–H and O–H groups in total. The predicted molar refractivity (Wildman–Crippen MR) is 110 cm³/mol. The Morgan fingerprint density at radius 2 is 1.67 bits per heavy atom. The molecule has 0 unspecified atom stereocenters. The van der Waals surface area contributed by atoms with E-state index in [1.54, 1.807) is 7.11 Å².